The number of hydrogen-bond donors (Lipinski definition) is 2. The highest BCUT2D eigenvalue weighted by molar-refractivity contribution is 6.03. The van der Waals surface area contributed by atoms with Crippen molar-refractivity contribution in [2.45, 2.75) is 6.92 Å². The van der Waals surface area contributed by atoms with E-state index in [9.17, 15) is 9.59 Å². The van der Waals surface area contributed by atoms with Crippen LogP contribution < -0.4 is 10.1 Å². The largest absolute Gasteiger partial charge is 0.496 e. The van der Waals surface area contributed by atoms with Gasteiger partial charge in [0.25, 0.3) is 5.91 Å². The van der Waals surface area contributed by atoms with Crippen molar-refractivity contribution in [1.29, 1.82) is 0 Å². The van der Waals surface area contributed by atoms with E-state index in [1.54, 1.807) is 23.9 Å². The Morgan fingerprint density at radius 3 is 2.53 bits per heavy atom. The first-order valence-electron chi connectivity index (χ1n) is 9.11. The Morgan fingerprint density at radius 2 is 1.83 bits per heavy atom. The molecule has 2 aromatic heterocycles. The van der Waals surface area contributed by atoms with E-state index in [0.29, 0.717) is 11.3 Å². The number of hydrogen-bond acceptors (Lipinski definition) is 5. The van der Waals surface area contributed by atoms with E-state index >= 15 is 0 Å². The first-order chi connectivity index (χ1) is 14.5. The molecule has 8 nitrogen and oxygen atoms in total. The number of fused-ring (bicyclic) bond motifs is 1. The Labute approximate surface area is 171 Å². The monoisotopic (exact) mass is 402 g/mol. The Balaban J connectivity index is 1.66. The topological polar surface area (TPSA) is 106 Å². The molecule has 1 amide bonds. The van der Waals surface area contributed by atoms with Crippen molar-refractivity contribution in [2.75, 3.05) is 12.4 Å². The van der Waals surface area contributed by atoms with E-state index in [0.717, 1.165) is 22.6 Å². The summed E-state index contributed by atoms with van der Waals surface area (Å²) in [7, 11) is 1.62. The fraction of sp³-hybridized carbons (Fsp3) is 0.0909. The predicted molar refractivity (Wildman–Crippen MR) is 111 cm³/mol. The van der Waals surface area contributed by atoms with Crippen LogP contribution in [-0.2, 0) is 0 Å². The SMILES string of the molecule is COc1cc(-c2ccnc3cc(C(=O)Nc4ccc(C(=O)O)cc4)nn23)ccc1C. The maximum atomic E-state index is 12.6. The molecule has 0 saturated carbocycles. The number of aromatic carboxylic acids is 1. The fourth-order valence-electron chi connectivity index (χ4n) is 3.10. The standard InChI is InChI=1S/C22H18N4O4/c1-13-3-4-15(11-19(13)30-2)18-9-10-23-20-12-17(25-26(18)20)21(27)24-16-7-5-14(6-8-16)22(28)29/h3-12H,1-2H3,(H,24,27)(H,28,29). The average Bonchev–Trinajstić information content (AvgIpc) is 3.19. The number of benzene rings is 2. The second-order valence-corrected chi connectivity index (χ2v) is 6.65. The normalized spacial score (nSPS) is 10.7. The van der Waals surface area contributed by atoms with Gasteiger partial charge in [-0.3, -0.25) is 4.79 Å². The van der Waals surface area contributed by atoms with Crippen molar-refractivity contribution in [2.24, 2.45) is 0 Å². The molecular weight excluding hydrogens is 384 g/mol. The first kappa shape index (κ1) is 19.1. The number of aromatic nitrogens is 3. The summed E-state index contributed by atoms with van der Waals surface area (Å²) >= 11 is 0. The number of carboxylic acid groups (broad SMARTS) is 1. The number of carboxylic acids is 1. The van der Waals surface area contributed by atoms with Crippen LogP contribution in [0.4, 0.5) is 5.69 Å². The summed E-state index contributed by atoms with van der Waals surface area (Å²) in [6.45, 7) is 1.96. The van der Waals surface area contributed by atoms with Crippen LogP contribution in [0.15, 0.2) is 60.8 Å². The zero-order chi connectivity index (χ0) is 21.3. The van der Waals surface area contributed by atoms with Crippen LogP contribution in [0.1, 0.15) is 26.4 Å². The molecule has 2 heterocycles. The lowest BCUT2D eigenvalue weighted by Gasteiger charge is -2.09. The molecule has 30 heavy (non-hydrogen) atoms. The minimum absolute atomic E-state index is 0.142. The molecule has 8 heteroatoms. The number of methoxy groups -OCH3 is 1. The van der Waals surface area contributed by atoms with Gasteiger partial charge in [0.1, 0.15) is 5.75 Å². The van der Waals surface area contributed by atoms with Gasteiger partial charge in [-0.25, -0.2) is 14.3 Å². The van der Waals surface area contributed by atoms with Gasteiger partial charge >= 0.3 is 5.97 Å². The molecule has 0 saturated heterocycles. The van der Waals surface area contributed by atoms with Gasteiger partial charge in [-0.1, -0.05) is 12.1 Å². The number of anilines is 1. The van der Waals surface area contributed by atoms with Gasteiger partial charge in [-0.15, -0.1) is 0 Å². The molecule has 4 rings (SSSR count). The molecule has 2 aromatic carbocycles. The van der Waals surface area contributed by atoms with Crippen molar-refractivity contribution in [3.05, 3.63) is 77.6 Å². The molecular formula is C22H18N4O4. The highest BCUT2D eigenvalue weighted by atomic mass is 16.5. The van der Waals surface area contributed by atoms with Crippen LogP contribution in [0.5, 0.6) is 5.75 Å². The zero-order valence-corrected chi connectivity index (χ0v) is 16.3. The smallest absolute Gasteiger partial charge is 0.335 e. The van der Waals surface area contributed by atoms with Crippen molar-refractivity contribution in [1.82, 2.24) is 14.6 Å². The lowest BCUT2D eigenvalue weighted by Crippen LogP contribution is -2.13. The Morgan fingerprint density at radius 1 is 1.07 bits per heavy atom. The molecule has 0 aliphatic carbocycles. The minimum atomic E-state index is -1.03. The van der Waals surface area contributed by atoms with Crippen LogP contribution in [0.25, 0.3) is 16.9 Å². The van der Waals surface area contributed by atoms with Crippen LogP contribution >= 0.6 is 0 Å². The number of carbonyl (C=O) groups is 2. The number of carbonyl (C=O) groups excluding carboxylic acids is 1. The molecule has 4 aromatic rings. The van der Waals surface area contributed by atoms with Crippen LogP contribution in [0, 0.1) is 6.92 Å². The van der Waals surface area contributed by atoms with Gasteiger partial charge in [0.2, 0.25) is 0 Å². The highest BCUT2D eigenvalue weighted by Crippen LogP contribution is 2.27. The molecule has 0 aliphatic heterocycles. The second-order valence-electron chi connectivity index (χ2n) is 6.65. The molecule has 0 aliphatic rings. The van der Waals surface area contributed by atoms with E-state index < -0.39 is 11.9 Å². The van der Waals surface area contributed by atoms with Crippen molar-refractivity contribution in [3.8, 4) is 17.0 Å². The summed E-state index contributed by atoms with van der Waals surface area (Å²) in [5, 5.41) is 16.1. The maximum absolute atomic E-state index is 12.6. The van der Waals surface area contributed by atoms with E-state index in [4.69, 9.17) is 9.84 Å². The van der Waals surface area contributed by atoms with Crippen LogP contribution in [0.2, 0.25) is 0 Å². The van der Waals surface area contributed by atoms with Gasteiger partial charge < -0.3 is 15.2 Å². The van der Waals surface area contributed by atoms with E-state index in [2.05, 4.69) is 15.4 Å². The molecule has 0 unspecified atom stereocenters. The van der Waals surface area contributed by atoms with Crippen LogP contribution in [-0.4, -0.2) is 38.7 Å². The van der Waals surface area contributed by atoms with Gasteiger partial charge in [0.15, 0.2) is 11.3 Å². The predicted octanol–water partition coefficient (Wildman–Crippen LogP) is 3.66. The third-order valence-corrected chi connectivity index (χ3v) is 4.68. The van der Waals surface area contributed by atoms with Crippen LogP contribution in [0.3, 0.4) is 0 Å². The lowest BCUT2D eigenvalue weighted by atomic mass is 10.1. The summed E-state index contributed by atoms with van der Waals surface area (Å²) in [4.78, 5) is 27.9. The third kappa shape index (κ3) is 3.58. The molecule has 0 radical (unpaired) electrons. The average molecular weight is 402 g/mol. The Bertz CT molecular complexity index is 1260. The fourth-order valence-corrected chi connectivity index (χ4v) is 3.10. The number of ether oxygens (including phenoxy) is 1. The summed E-state index contributed by atoms with van der Waals surface area (Å²) < 4.78 is 7.01. The van der Waals surface area contributed by atoms with E-state index in [1.807, 2.05) is 31.2 Å². The van der Waals surface area contributed by atoms with Gasteiger partial charge in [0.05, 0.1) is 18.4 Å². The molecule has 0 atom stereocenters. The number of rotatable bonds is 5. The number of nitrogens with zero attached hydrogens (tertiary/aromatic N) is 3. The third-order valence-electron chi connectivity index (χ3n) is 4.68. The summed E-state index contributed by atoms with van der Waals surface area (Å²) in [5.41, 5.74) is 3.99. The number of nitrogens with one attached hydrogen (secondary N) is 1. The summed E-state index contributed by atoms with van der Waals surface area (Å²) in [6.07, 6.45) is 1.66. The summed E-state index contributed by atoms with van der Waals surface area (Å²) in [6, 6.07) is 15.1. The molecule has 0 bridgehead atoms. The van der Waals surface area contributed by atoms with Crippen molar-refractivity contribution >= 4 is 23.2 Å². The first-order valence-corrected chi connectivity index (χ1v) is 9.11. The second kappa shape index (κ2) is 7.67. The van der Waals surface area contributed by atoms with E-state index in [-0.39, 0.29) is 11.3 Å². The van der Waals surface area contributed by atoms with Crippen molar-refractivity contribution < 1.29 is 19.4 Å². The maximum Gasteiger partial charge on any atom is 0.335 e. The Hall–Kier alpha value is -4.20. The zero-order valence-electron chi connectivity index (χ0n) is 16.3. The van der Waals surface area contributed by atoms with Crippen molar-refractivity contribution in [3.63, 3.8) is 0 Å². The minimum Gasteiger partial charge on any atom is -0.496 e. The summed E-state index contributed by atoms with van der Waals surface area (Å²) in [5.74, 6) is -0.692. The Kier molecular flexibility index (Phi) is 4.89. The van der Waals surface area contributed by atoms with E-state index in [1.165, 1.54) is 24.3 Å². The number of amides is 1. The molecule has 0 spiro atoms. The molecule has 0 fully saturated rings. The number of aryl methyl sites for hydroxylation is 1. The highest BCUT2D eigenvalue weighted by Gasteiger charge is 2.15. The van der Waals surface area contributed by atoms with Gasteiger partial charge in [-0.05, 0) is 48.9 Å². The van der Waals surface area contributed by atoms with Gasteiger partial charge in [0, 0.05) is 23.5 Å². The van der Waals surface area contributed by atoms with Gasteiger partial charge in [-0.2, -0.15) is 5.10 Å². The lowest BCUT2D eigenvalue weighted by molar-refractivity contribution is 0.0696. The molecule has 2 N–H and O–H groups in total. The molecule has 150 valence electrons. The quantitative estimate of drug-likeness (QED) is 0.528.